The second kappa shape index (κ2) is 10.2. The number of carbonyl (C=O) groups excluding carboxylic acids is 1. The largest absolute Gasteiger partial charge is 0.496 e. The Labute approximate surface area is 168 Å². The monoisotopic (exact) mass is 404 g/mol. The van der Waals surface area contributed by atoms with Crippen LogP contribution in [0, 0.1) is 10.1 Å². The molecule has 0 aliphatic rings. The summed E-state index contributed by atoms with van der Waals surface area (Å²) in [6.45, 7) is 2.30. The number of hydrogen-bond acceptors (Lipinski definition) is 7. The van der Waals surface area contributed by atoms with Gasteiger partial charge in [-0.1, -0.05) is 6.07 Å². The standard InChI is InChI=1S/C20H24N2O7/c1-5-21(12-14-6-8-18(27-3)19(10-14)28-4)20(23)13-29-17-9-7-15(26-2)11-16(17)22(24)25/h6-11H,5,12-13H2,1-4H3. The van der Waals surface area contributed by atoms with E-state index in [9.17, 15) is 14.9 Å². The van der Waals surface area contributed by atoms with Crippen molar-refractivity contribution in [3.63, 3.8) is 0 Å². The van der Waals surface area contributed by atoms with Crippen molar-refractivity contribution in [3.05, 3.63) is 52.1 Å². The summed E-state index contributed by atoms with van der Waals surface area (Å²) in [5, 5.41) is 11.2. The van der Waals surface area contributed by atoms with Gasteiger partial charge in [-0.3, -0.25) is 14.9 Å². The van der Waals surface area contributed by atoms with Gasteiger partial charge in [-0.25, -0.2) is 0 Å². The maximum absolute atomic E-state index is 12.6. The highest BCUT2D eigenvalue weighted by atomic mass is 16.6. The molecule has 9 nitrogen and oxygen atoms in total. The van der Waals surface area contributed by atoms with E-state index >= 15 is 0 Å². The Kier molecular flexibility index (Phi) is 7.64. The first-order valence-electron chi connectivity index (χ1n) is 8.87. The van der Waals surface area contributed by atoms with E-state index in [1.54, 1.807) is 31.3 Å². The summed E-state index contributed by atoms with van der Waals surface area (Å²) in [6, 6.07) is 9.60. The van der Waals surface area contributed by atoms with Crippen molar-refractivity contribution in [1.82, 2.24) is 4.90 Å². The zero-order chi connectivity index (χ0) is 21.4. The molecule has 1 amide bonds. The Bertz CT molecular complexity index is 870. The van der Waals surface area contributed by atoms with Gasteiger partial charge in [-0.2, -0.15) is 0 Å². The smallest absolute Gasteiger partial charge is 0.314 e. The lowest BCUT2D eigenvalue weighted by atomic mass is 10.2. The highest BCUT2D eigenvalue weighted by Crippen LogP contribution is 2.31. The molecule has 0 spiro atoms. The molecule has 0 unspecified atom stereocenters. The molecular formula is C20H24N2O7. The van der Waals surface area contributed by atoms with E-state index in [1.807, 2.05) is 13.0 Å². The minimum atomic E-state index is -0.580. The van der Waals surface area contributed by atoms with E-state index < -0.39 is 4.92 Å². The third kappa shape index (κ3) is 5.50. The van der Waals surface area contributed by atoms with Crippen LogP contribution in [0.25, 0.3) is 0 Å². The molecule has 0 bridgehead atoms. The third-order valence-electron chi connectivity index (χ3n) is 4.27. The fourth-order valence-electron chi connectivity index (χ4n) is 2.70. The van der Waals surface area contributed by atoms with Crippen molar-refractivity contribution < 1.29 is 28.7 Å². The number of nitro groups is 1. The Morgan fingerprint density at radius 2 is 1.69 bits per heavy atom. The van der Waals surface area contributed by atoms with Gasteiger partial charge >= 0.3 is 5.69 Å². The van der Waals surface area contributed by atoms with Crippen molar-refractivity contribution in [2.45, 2.75) is 13.5 Å². The maximum atomic E-state index is 12.6. The van der Waals surface area contributed by atoms with Gasteiger partial charge in [-0.05, 0) is 36.8 Å². The number of rotatable bonds is 10. The topological polar surface area (TPSA) is 100 Å². The first kappa shape index (κ1) is 21.8. The maximum Gasteiger partial charge on any atom is 0.314 e. The number of nitro benzene ring substituents is 1. The van der Waals surface area contributed by atoms with Crippen molar-refractivity contribution >= 4 is 11.6 Å². The van der Waals surface area contributed by atoms with Crippen LogP contribution in [0.4, 0.5) is 5.69 Å². The van der Waals surface area contributed by atoms with E-state index in [2.05, 4.69) is 0 Å². The molecule has 0 aromatic heterocycles. The fraction of sp³-hybridized carbons (Fsp3) is 0.350. The lowest BCUT2D eigenvalue weighted by Crippen LogP contribution is -2.34. The molecule has 9 heteroatoms. The predicted molar refractivity (Wildman–Crippen MR) is 106 cm³/mol. The van der Waals surface area contributed by atoms with Crippen molar-refractivity contribution in [3.8, 4) is 23.0 Å². The molecule has 0 saturated carbocycles. The first-order chi connectivity index (χ1) is 13.9. The first-order valence-corrected chi connectivity index (χ1v) is 8.87. The van der Waals surface area contributed by atoms with E-state index in [0.29, 0.717) is 30.3 Å². The number of carbonyl (C=O) groups is 1. The number of amides is 1. The van der Waals surface area contributed by atoms with Gasteiger partial charge in [0.15, 0.2) is 23.9 Å². The van der Waals surface area contributed by atoms with Crippen molar-refractivity contribution in [1.29, 1.82) is 0 Å². The molecule has 0 heterocycles. The van der Waals surface area contributed by atoms with Gasteiger partial charge < -0.3 is 23.8 Å². The summed E-state index contributed by atoms with van der Waals surface area (Å²) >= 11 is 0. The number of benzene rings is 2. The summed E-state index contributed by atoms with van der Waals surface area (Å²) in [6.07, 6.45) is 0. The number of likely N-dealkylation sites (N-methyl/N-ethyl adjacent to an activating group) is 1. The fourth-order valence-corrected chi connectivity index (χ4v) is 2.70. The second-order valence-electron chi connectivity index (χ2n) is 5.98. The molecule has 0 saturated heterocycles. The third-order valence-corrected chi connectivity index (χ3v) is 4.27. The Morgan fingerprint density at radius 1 is 1.00 bits per heavy atom. The van der Waals surface area contributed by atoms with E-state index in [0.717, 1.165) is 5.56 Å². The van der Waals surface area contributed by atoms with Crippen LogP contribution >= 0.6 is 0 Å². The molecule has 2 aromatic rings. The number of hydrogen-bond donors (Lipinski definition) is 0. The average molecular weight is 404 g/mol. The summed E-state index contributed by atoms with van der Waals surface area (Å²) in [5.41, 5.74) is 0.591. The van der Waals surface area contributed by atoms with E-state index in [-0.39, 0.29) is 24.0 Å². The van der Waals surface area contributed by atoms with Gasteiger partial charge in [0.25, 0.3) is 5.91 Å². The number of ether oxygens (including phenoxy) is 4. The second-order valence-corrected chi connectivity index (χ2v) is 5.98. The summed E-state index contributed by atoms with van der Waals surface area (Å²) < 4.78 is 20.9. The molecule has 0 N–H and O–H groups in total. The van der Waals surface area contributed by atoms with Gasteiger partial charge in [0.2, 0.25) is 0 Å². The highest BCUT2D eigenvalue weighted by molar-refractivity contribution is 5.78. The van der Waals surface area contributed by atoms with Gasteiger partial charge in [0, 0.05) is 13.1 Å². The molecule has 0 atom stereocenters. The Hall–Kier alpha value is -3.49. The molecule has 0 aliphatic carbocycles. The number of nitrogens with zero attached hydrogens (tertiary/aromatic N) is 2. The Balaban J connectivity index is 2.08. The molecule has 0 fully saturated rings. The molecule has 0 aliphatic heterocycles. The van der Waals surface area contributed by atoms with Crippen molar-refractivity contribution in [2.24, 2.45) is 0 Å². The van der Waals surface area contributed by atoms with Crippen LogP contribution in [-0.2, 0) is 11.3 Å². The van der Waals surface area contributed by atoms with Crippen LogP contribution in [0.15, 0.2) is 36.4 Å². The lowest BCUT2D eigenvalue weighted by molar-refractivity contribution is -0.385. The minimum absolute atomic E-state index is 0.00585. The van der Waals surface area contributed by atoms with E-state index in [1.165, 1.54) is 25.3 Å². The van der Waals surface area contributed by atoms with Crippen LogP contribution in [0.1, 0.15) is 12.5 Å². The Morgan fingerprint density at radius 3 is 2.28 bits per heavy atom. The normalized spacial score (nSPS) is 10.2. The molecule has 29 heavy (non-hydrogen) atoms. The molecule has 2 rings (SSSR count). The molecule has 156 valence electrons. The van der Waals surface area contributed by atoms with Crippen LogP contribution in [0.2, 0.25) is 0 Å². The number of methoxy groups -OCH3 is 3. The summed E-state index contributed by atoms with van der Waals surface area (Å²) in [7, 11) is 4.51. The van der Waals surface area contributed by atoms with Crippen LogP contribution < -0.4 is 18.9 Å². The minimum Gasteiger partial charge on any atom is -0.496 e. The van der Waals surface area contributed by atoms with Gasteiger partial charge in [0.05, 0.1) is 32.3 Å². The van der Waals surface area contributed by atoms with Crippen LogP contribution in [0.5, 0.6) is 23.0 Å². The SMILES string of the molecule is CCN(Cc1ccc(OC)c(OC)c1)C(=O)COc1ccc(OC)cc1[N+](=O)[O-]. The zero-order valence-corrected chi connectivity index (χ0v) is 16.8. The van der Waals surface area contributed by atoms with Crippen LogP contribution in [0.3, 0.4) is 0 Å². The molecular weight excluding hydrogens is 380 g/mol. The summed E-state index contributed by atoms with van der Waals surface area (Å²) in [5.74, 6) is 1.21. The van der Waals surface area contributed by atoms with Crippen molar-refractivity contribution in [2.75, 3.05) is 34.5 Å². The van der Waals surface area contributed by atoms with Gasteiger partial charge in [0.1, 0.15) is 5.75 Å². The van der Waals surface area contributed by atoms with E-state index in [4.69, 9.17) is 18.9 Å². The quantitative estimate of drug-likeness (QED) is 0.443. The van der Waals surface area contributed by atoms with Gasteiger partial charge in [-0.15, -0.1) is 0 Å². The molecule has 2 aromatic carbocycles. The average Bonchev–Trinajstić information content (AvgIpc) is 2.75. The zero-order valence-electron chi connectivity index (χ0n) is 16.8. The summed E-state index contributed by atoms with van der Waals surface area (Å²) in [4.78, 5) is 24.8. The van der Waals surface area contributed by atoms with Crippen LogP contribution in [-0.4, -0.2) is 50.2 Å². The highest BCUT2D eigenvalue weighted by Gasteiger charge is 2.20. The lowest BCUT2D eigenvalue weighted by Gasteiger charge is -2.21. The molecule has 0 radical (unpaired) electrons. The predicted octanol–water partition coefficient (Wildman–Crippen LogP) is 3.05.